The number of aryl methyl sites for hydroxylation is 1. The van der Waals surface area contributed by atoms with E-state index in [2.05, 4.69) is 9.82 Å². The van der Waals surface area contributed by atoms with Gasteiger partial charge in [0.25, 0.3) is 10.2 Å². The third-order valence-corrected chi connectivity index (χ3v) is 4.12. The Labute approximate surface area is 145 Å². The second-order valence-electron chi connectivity index (χ2n) is 5.28. The first-order valence-electron chi connectivity index (χ1n) is 7.05. The molecule has 3 N–H and O–H groups in total. The molecule has 0 fully saturated rings. The van der Waals surface area contributed by atoms with Gasteiger partial charge in [-0.25, -0.2) is 9.82 Å². The fourth-order valence-corrected chi connectivity index (χ4v) is 2.95. The fourth-order valence-electron chi connectivity index (χ4n) is 2.36. The lowest BCUT2D eigenvalue weighted by molar-refractivity contribution is 0.603. The molecule has 0 amide bonds. The molecule has 0 unspecified atom stereocenters. The van der Waals surface area contributed by atoms with Crippen LogP contribution in [0, 0.1) is 6.92 Å². The summed E-state index contributed by atoms with van der Waals surface area (Å²) in [6, 6.07) is 16.2. The van der Waals surface area contributed by atoms with Crippen LogP contribution in [0.3, 0.4) is 0 Å². The zero-order chi connectivity index (χ0) is 17.3. The van der Waals surface area contributed by atoms with Crippen LogP contribution in [-0.4, -0.2) is 18.2 Å². The summed E-state index contributed by atoms with van der Waals surface area (Å²) in [6.07, 6.45) is 0. The molecule has 1 aromatic heterocycles. The number of nitrogens with zero attached hydrogens (tertiary/aromatic N) is 2. The van der Waals surface area contributed by atoms with E-state index in [-0.39, 0.29) is 0 Å². The Bertz CT molecular complexity index is 964. The lowest BCUT2D eigenvalue weighted by atomic mass is 10.1. The molecule has 1 heterocycles. The molecule has 124 valence electrons. The molecule has 0 aliphatic carbocycles. The van der Waals surface area contributed by atoms with Crippen molar-refractivity contribution < 1.29 is 8.42 Å². The summed E-state index contributed by atoms with van der Waals surface area (Å²) in [4.78, 5) is 0. The zero-order valence-electron chi connectivity index (χ0n) is 12.8. The number of halogens is 1. The monoisotopic (exact) mass is 362 g/mol. The van der Waals surface area contributed by atoms with Gasteiger partial charge in [-0.2, -0.15) is 13.5 Å². The topological polar surface area (TPSA) is 90.0 Å². The largest absolute Gasteiger partial charge is 0.296 e. The van der Waals surface area contributed by atoms with Gasteiger partial charge in [-0.1, -0.05) is 23.7 Å². The minimum atomic E-state index is -3.79. The van der Waals surface area contributed by atoms with Gasteiger partial charge in [-0.15, -0.1) is 0 Å². The van der Waals surface area contributed by atoms with Crippen LogP contribution in [0.15, 0.2) is 54.6 Å². The minimum absolute atomic E-state index is 0.387. The second-order valence-corrected chi connectivity index (χ2v) is 7.01. The molecule has 0 atom stereocenters. The molecular weight excluding hydrogens is 348 g/mol. The summed E-state index contributed by atoms with van der Waals surface area (Å²) in [7, 11) is -3.79. The van der Waals surface area contributed by atoms with Gasteiger partial charge in [-0.3, -0.25) is 4.72 Å². The van der Waals surface area contributed by atoms with E-state index in [1.165, 1.54) is 0 Å². The van der Waals surface area contributed by atoms with Gasteiger partial charge in [0.1, 0.15) is 0 Å². The molecule has 0 aliphatic heterocycles. The van der Waals surface area contributed by atoms with E-state index in [9.17, 15) is 8.42 Å². The molecule has 0 saturated heterocycles. The smallest absolute Gasteiger partial charge is 0.271 e. The summed E-state index contributed by atoms with van der Waals surface area (Å²) in [6.45, 7) is 1.91. The maximum Gasteiger partial charge on any atom is 0.296 e. The van der Waals surface area contributed by atoms with Gasteiger partial charge in [0.2, 0.25) is 0 Å². The maximum atomic E-state index is 11.1. The van der Waals surface area contributed by atoms with Crippen LogP contribution >= 0.6 is 11.6 Å². The molecule has 8 heteroatoms. The Kier molecular flexibility index (Phi) is 4.31. The van der Waals surface area contributed by atoms with Gasteiger partial charge in [0.15, 0.2) is 0 Å². The van der Waals surface area contributed by atoms with Crippen LogP contribution in [0.5, 0.6) is 0 Å². The molecule has 0 saturated carbocycles. The number of hydrogen-bond acceptors (Lipinski definition) is 3. The number of nitrogens with one attached hydrogen (secondary N) is 1. The lowest BCUT2D eigenvalue weighted by Gasteiger charge is -2.09. The van der Waals surface area contributed by atoms with Gasteiger partial charge >= 0.3 is 0 Å². The highest BCUT2D eigenvalue weighted by Crippen LogP contribution is 2.26. The van der Waals surface area contributed by atoms with Crippen molar-refractivity contribution in [2.75, 3.05) is 4.72 Å². The van der Waals surface area contributed by atoms with Crippen LogP contribution in [0.2, 0.25) is 5.02 Å². The van der Waals surface area contributed by atoms with Crippen molar-refractivity contribution in [2.45, 2.75) is 6.92 Å². The number of nitrogens with two attached hydrogens (primary N) is 1. The Morgan fingerprint density at radius 3 is 2.29 bits per heavy atom. The molecule has 0 bridgehead atoms. The highest BCUT2D eigenvalue weighted by molar-refractivity contribution is 7.90. The Hall–Kier alpha value is -2.35. The van der Waals surface area contributed by atoms with Crippen molar-refractivity contribution in [1.29, 1.82) is 0 Å². The SMILES string of the molecule is Cc1cc(-c2ccc(Cl)cc2)n(-c2ccc(NS(N)(=O)=O)cc2)n1. The van der Waals surface area contributed by atoms with E-state index in [4.69, 9.17) is 16.7 Å². The normalized spacial score (nSPS) is 11.5. The highest BCUT2D eigenvalue weighted by atomic mass is 35.5. The summed E-state index contributed by atoms with van der Waals surface area (Å²) >= 11 is 5.94. The van der Waals surface area contributed by atoms with Gasteiger partial charge in [-0.05, 0) is 49.4 Å². The number of benzene rings is 2. The number of anilines is 1. The second kappa shape index (κ2) is 6.27. The molecule has 3 aromatic rings. The van der Waals surface area contributed by atoms with Crippen LogP contribution < -0.4 is 9.86 Å². The molecule has 3 rings (SSSR count). The maximum absolute atomic E-state index is 11.1. The standard InChI is InChI=1S/C16H15ClN4O2S/c1-11-10-16(12-2-4-13(17)5-3-12)21(19-11)15-8-6-14(7-9-15)20-24(18,22)23/h2-10,20H,1H3,(H2,18,22,23). The summed E-state index contributed by atoms with van der Waals surface area (Å²) in [5, 5.41) is 10.1. The number of aromatic nitrogens is 2. The molecule has 24 heavy (non-hydrogen) atoms. The van der Waals surface area contributed by atoms with Crippen molar-refractivity contribution >= 4 is 27.5 Å². The van der Waals surface area contributed by atoms with Gasteiger partial charge in [0, 0.05) is 16.3 Å². The first-order chi connectivity index (χ1) is 11.3. The van der Waals surface area contributed by atoms with Gasteiger partial charge < -0.3 is 0 Å². The first kappa shape index (κ1) is 16.5. The van der Waals surface area contributed by atoms with Gasteiger partial charge in [0.05, 0.1) is 17.1 Å². The third kappa shape index (κ3) is 3.76. The quantitative estimate of drug-likeness (QED) is 0.747. The van der Waals surface area contributed by atoms with E-state index in [1.54, 1.807) is 28.9 Å². The number of rotatable bonds is 4. The van der Waals surface area contributed by atoms with E-state index < -0.39 is 10.2 Å². The Morgan fingerprint density at radius 1 is 1.08 bits per heavy atom. The van der Waals surface area contributed by atoms with Crippen molar-refractivity contribution in [3.63, 3.8) is 0 Å². The lowest BCUT2D eigenvalue weighted by Crippen LogP contribution is -2.21. The van der Waals surface area contributed by atoms with E-state index in [0.29, 0.717) is 10.7 Å². The van der Waals surface area contributed by atoms with E-state index in [1.807, 2.05) is 37.3 Å². The predicted molar refractivity (Wildman–Crippen MR) is 95.5 cm³/mol. The van der Waals surface area contributed by atoms with Crippen LogP contribution in [0.4, 0.5) is 5.69 Å². The Morgan fingerprint density at radius 2 is 1.71 bits per heavy atom. The summed E-state index contributed by atoms with van der Waals surface area (Å²) in [5.41, 5.74) is 3.95. The van der Waals surface area contributed by atoms with Crippen LogP contribution in [0.1, 0.15) is 5.69 Å². The average molecular weight is 363 g/mol. The molecule has 0 aliphatic rings. The van der Waals surface area contributed by atoms with Crippen molar-refractivity contribution in [1.82, 2.24) is 9.78 Å². The molecule has 2 aromatic carbocycles. The third-order valence-electron chi connectivity index (χ3n) is 3.34. The molecule has 0 spiro atoms. The van der Waals surface area contributed by atoms with E-state index >= 15 is 0 Å². The van der Waals surface area contributed by atoms with Crippen LogP contribution in [-0.2, 0) is 10.2 Å². The zero-order valence-corrected chi connectivity index (χ0v) is 14.3. The average Bonchev–Trinajstić information content (AvgIpc) is 2.89. The fraction of sp³-hybridized carbons (Fsp3) is 0.0625. The van der Waals surface area contributed by atoms with Crippen molar-refractivity contribution in [3.8, 4) is 16.9 Å². The molecule has 0 radical (unpaired) electrons. The predicted octanol–water partition coefficient (Wildman–Crippen LogP) is 3.12. The minimum Gasteiger partial charge on any atom is -0.271 e. The highest BCUT2D eigenvalue weighted by Gasteiger charge is 2.10. The molecular formula is C16H15ClN4O2S. The van der Waals surface area contributed by atoms with Crippen molar-refractivity contribution in [3.05, 3.63) is 65.3 Å². The molecule has 6 nitrogen and oxygen atoms in total. The first-order valence-corrected chi connectivity index (χ1v) is 8.98. The Balaban J connectivity index is 1.99. The summed E-state index contributed by atoms with van der Waals surface area (Å²) in [5.74, 6) is 0. The van der Waals surface area contributed by atoms with Crippen LogP contribution in [0.25, 0.3) is 16.9 Å². The van der Waals surface area contributed by atoms with E-state index in [0.717, 1.165) is 22.6 Å². The number of hydrogen-bond donors (Lipinski definition) is 2. The summed E-state index contributed by atoms with van der Waals surface area (Å²) < 4.78 is 26.1. The van der Waals surface area contributed by atoms with Crippen molar-refractivity contribution in [2.24, 2.45) is 5.14 Å².